The summed E-state index contributed by atoms with van der Waals surface area (Å²) < 4.78 is 11.1. The molecular formula is C10H15NO4Si. The second-order valence-corrected chi connectivity index (χ2v) is 6.95. The zero-order valence-corrected chi connectivity index (χ0v) is 10.6. The first kappa shape index (κ1) is 12.7. The lowest BCUT2D eigenvalue weighted by molar-refractivity contribution is -0.385. The molecule has 88 valence electrons. The largest absolute Gasteiger partial charge is 0.515 e. The van der Waals surface area contributed by atoms with Gasteiger partial charge in [-0.05, 0) is 26.1 Å². The van der Waals surface area contributed by atoms with Gasteiger partial charge in [0.15, 0.2) is 5.75 Å². The molecular weight excluding hydrogens is 226 g/mol. The van der Waals surface area contributed by atoms with E-state index < -0.39 is 13.5 Å². The Bertz CT molecular complexity index is 381. The average molecular weight is 241 g/mol. The van der Waals surface area contributed by atoms with Crippen LogP contribution in [-0.2, 0) is 4.43 Å². The molecule has 1 rings (SSSR count). The third kappa shape index (κ3) is 3.32. The van der Waals surface area contributed by atoms with E-state index in [9.17, 15) is 10.1 Å². The zero-order valence-electron chi connectivity index (χ0n) is 9.60. The number of hydrogen-bond donors (Lipinski definition) is 0. The number of nitrogens with zero attached hydrogens (tertiary/aromatic N) is 1. The van der Waals surface area contributed by atoms with Crippen LogP contribution in [0.2, 0.25) is 13.1 Å². The number of nitro benzene ring substituents is 1. The number of hydrogen-bond acceptors (Lipinski definition) is 4. The second kappa shape index (κ2) is 5.09. The maximum atomic E-state index is 10.8. The molecule has 0 radical (unpaired) electrons. The molecule has 0 fully saturated rings. The van der Waals surface area contributed by atoms with Gasteiger partial charge in [0.1, 0.15) is 0 Å². The van der Waals surface area contributed by atoms with Crippen molar-refractivity contribution in [2.24, 2.45) is 0 Å². The van der Waals surface area contributed by atoms with Crippen LogP contribution < -0.4 is 4.43 Å². The molecule has 0 heterocycles. The van der Waals surface area contributed by atoms with E-state index in [-0.39, 0.29) is 11.4 Å². The highest BCUT2D eigenvalue weighted by atomic mass is 28.4. The summed E-state index contributed by atoms with van der Waals surface area (Å²) in [6.07, 6.45) is 0. The summed E-state index contributed by atoms with van der Waals surface area (Å²) in [5.41, 5.74) is -0.0252. The smallest absolute Gasteiger partial charge is 0.392 e. The highest BCUT2D eigenvalue weighted by Crippen LogP contribution is 2.28. The first-order chi connectivity index (χ1) is 7.46. The monoisotopic (exact) mass is 241 g/mol. The van der Waals surface area contributed by atoms with Crippen LogP contribution in [0.15, 0.2) is 24.3 Å². The van der Waals surface area contributed by atoms with Crippen LogP contribution >= 0.6 is 0 Å². The van der Waals surface area contributed by atoms with Crippen molar-refractivity contribution in [3.05, 3.63) is 34.4 Å². The minimum Gasteiger partial charge on any atom is -0.515 e. The van der Waals surface area contributed by atoms with Crippen LogP contribution in [-0.4, -0.2) is 20.1 Å². The Labute approximate surface area is 95.4 Å². The first-order valence-corrected chi connectivity index (χ1v) is 7.84. The van der Waals surface area contributed by atoms with E-state index in [2.05, 4.69) is 0 Å². The maximum Gasteiger partial charge on any atom is 0.392 e. The molecule has 1 aromatic rings. The van der Waals surface area contributed by atoms with Gasteiger partial charge in [0.05, 0.1) is 4.92 Å². The second-order valence-electron chi connectivity index (χ2n) is 3.66. The van der Waals surface area contributed by atoms with E-state index in [0.717, 1.165) is 0 Å². The molecule has 0 saturated carbocycles. The summed E-state index contributed by atoms with van der Waals surface area (Å²) in [4.78, 5) is 10.3. The summed E-state index contributed by atoms with van der Waals surface area (Å²) in [7, 11) is -2.33. The zero-order chi connectivity index (χ0) is 12.2. The molecule has 0 aliphatic rings. The van der Waals surface area contributed by atoms with Gasteiger partial charge in [0, 0.05) is 12.7 Å². The minimum atomic E-state index is -2.33. The van der Waals surface area contributed by atoms with Gasteiger partial charge in [-0.1, -0.05) is 12.1 Å². The summed E-state index contributed by atoms with van der Waals surface area (Å²) in [5, 5.41) is 10.8. The van der Waals surface area contributed by atoms with Gasteiger partial charge >= 0.3 is 14.2 Å². The predicted octanol–water partition coefficient (Wildman–Crippen LogP) is 2.71. The van der Waals surface area contributed by atoms with Crippen molar-refractivity contribution in [1.29, 1.82) is 0 Å². The molecule has 0 unspecified atom stereocenters. The molecule has 0 amide bonds. The molecule has 0 aromatic heterocycles. The lowest BCUT2D eigenvalue weighted by Gasteiger charge is -2.22. The number of benzene rings is 1. The Morgan fingerprint density at radius 2 is 2.00 bits per heavy atom. The summed E-state index contributed by atoms with van der Waals surface area (Å²) in [6, 6.07) is 6.33. The highest BCUT2D eigenvalue weighted by molar-refractivity contribution is 6.65. The quantitative estimate of drug-likeness (QED) is 0.452. The van der Waals surface area contributed by atoms with Crippen LogP contribution in [0.5, 0.6) is 5.75 Å². The fourth-order valence-electron chi connectivity index (χ4n) is 1.34. The third-order valence-electron chi connectivity index (χ3n) is 1.91. The molecule has 0 bridgehead atoms. The Kier molecular flexibility index (Phi) is 4.03. The third-order valence-corrected chi connectivity index (χ3v) is 3.61. The van der Waals surface area contributed by atoms with E-state index in [1.807, 2.05) is 20.0 Å². The van der Waals surface area contributed by atoms with Crippen molar-refractivity contribution in [2.45, 2.75) is 20.0 Å². The standard InChI is InChI=1S/C10H15NO4Si/c1-4-14-16(2,3)15-10-8-6-5-7-9(10)11(12)13/h5-8H,4H2,1-3H3. The summed E-state index contributed by atoms with van der Waals surface area (Å²) >= 11 is 0. The van der Waals surface area contributed by atoms with Gasteiger partial charge in [-0.2, -0.15) is 0 Å². The van der Waals surface area contributed by atoms with Crippen molar-refractivity contribution in [3.8, 4) is 5.75 Å². The van der Waals surface area contributed by atoms with Crippen LogP contribution in [0.4, 0.5) is 5.69 Å². The van der Waals surface area contributed by atoms with Crippen LogP contribution in [0.25, 0.3) is 0 Å². The van der Waals surface area contributed by atoms with Crippen molar-refractivity contribution < 1.29 is 13.8 Å². The number of para-hydroxylation sites is 2. The minimum absolute atomic E-state index is 0.0252. The topological polar surface area (TPSA) is 61.6 Å². The van der Waals surface area contributed by atoms with Crippen LogP contribution in [0.3, 0.4) is 0 Å². The maximum absolute atomic E-state index is 10.8. The van der Waals surface area contributed by atoms with E-state index in [4.69, 9.17) is 8.85 Å². The van der Waals surface area contributed by atoms with Crippen LogP contribution in [0, 0.1) is 10.1 Å². The fourth-order valence-corrected chi connectivity index (χ4v) is 2.79. The lowest BCUT2D eigenvalue weighted by Crippen LogP contribution is -2.38. The SMILES string of the molecule is CCO[Si](C)(C)Oc1ccccc1[N+](=O)[O-]. The van der Waals surface area contributed by atoms with Crippen molar-refractivity contribution >= 4 is 14.2 Å². The molecule has 0 spiro atoms. The normalized spacial score (nSPS) is 11.2. The highest BCUT2D eigenvalue weighted by Gasteiger charge is 2.29. The van der Waals surface area contributed by atoms with E-state index in [1.54, 1.807) is 18.2 Å². The summed E-state index contributed by atoms with van der Waals surface area (Å²) in [6.45, 7) is 6.12. The fraction of sp³-hybridized carbons (Fsp3) is 0.400. The molecule has 0 N–H and O–H groups in total. The summed E-state index contributed by atoms with van der Waals surface area (Å²) in [5.74, 6) is 0.276. The predicted molar refractivity (Wildman–Crippen MR) is 62.8 cm³/mol. The molecule has 0 aliphatic carbocycles. The van der Waals surface area contributed by atoms with Gasteiger partial charge in [0.25, 0.3) is 0 Å². The van der Waals surface area contributed by atoms with Gasteiger partial charge in [-0.15, -0.1) is 0 Å². The van der Waals surface area contributed by atoms with E-state index >= 15 is 0 Å². The number of rotatable bonds is 5. The Morgan fingerprint density at radius 3 is 2.56 bits per heavy atom. The van der Waals surface area contributed by atoms with E-state index in [1.165, 1.54) is 6.07 Å². The molecule has 0 aliphatic heterocycles. The lowest BCUT2D eigenvalue weighted by atomic mass is 10.3. The van der Waals surface area contributed by atoms with Crippen LogP contribution in [0.1, 0.15) is 6.92 Å². The van der Waals surface area contributed by atoms with Gasteiger partial charge in [-0.3, -0.25) is 10.1 Å². The Hall–Kier alpha value is -1.40. The van der Waals surface area contributed by atoms with Crippen molar-refractivity contribution in [2.75, 3.05) is 6.61 Å². The van der Waals surface area contributed by atoms with E-state index in [0.29, 0.717) is 6.61 Å². The van der Waals surface area contributed by atoms with Gasteiger partial charge < -0.3 is 8.85 Å². The Morgan fingerprint density at radius 1 is 1.38 bits per heavy atom. The molecule has 1 aromatic carbocycles. The number of nitro groups is 1. The van der Waals surface area contributed by atoms with Crippen molar-refractivity contribution in [1.82, 2.24) is 0 Å². The first-order valence-electron chi connectivity index (χ1n) is 5.02. The van der Waals surface area contributed by atoms with Gasteiger partial charge in [0.2, 0.25) is 0 Å². The molecule has 0 atom stereocenters. The molecule has 6 heteroatoms. The molecule has 0 saturated heterocycles. The van der Waals surface area contributed by atoms with Crippen molar-refractivity contribution in [3.63, 3.8) is 0 Å². The van der Waals surface area contributed by atoms with Gasteiger partial charge in [-0.25, -0.2) is 0 Å². The molecule has 5 nitrogen and oxygen atoms in total. The Balaban J connectivity index is 2.92. The average Bonchev–Trinajstić information content (AvgIpc) is 2.17. The molecule has 16 heavy (non-hydrogen) atoms.